The van der Waals surface area contributed by atoms with Gasteiger partial charge in [-0.2, -0.15) is 0 Å². The van der Waals surface area contributed by atoms with E-state index in [1.54, 1.807) is 31.3 Å². The van der Waals surface area contributed by atoms with Gasteiger partial charge in [-0.05, 0) is 6.42 Å². The Morgan fingerprint density at radius 1 is 1.00 bits per heavy atom. The highest BCUT2D eigenvalue weighted by atomic mass is 16.5. The fourth-order valence-electron chi connectivity index (χ4n) is 1.89. The minimum atomic E-state index is -0.0287. The molecule has 0 aliphatic carbocycles. The first kappa shape index (κ1) is 12.5. The lowest BCUT2D eigenvalue weighted by Gasteiger charge is -2.31. The molecule has 1 aromatic rings. The van der Waals surface area contributed by atoms with Crippen molar-refractivity contribution in [1.29, 1.82) is 0 Å². The smallest absolute Gasteiger partial charge is 0.257 e. The van der Waals surface area contributed by atoms with Crippen molar-refractivity contribution < 1.29 is 19.0 Å². The summed E-state index contributed by atoms with van der Waals surface area (Å²) in [6.07, 6.45) is 1.06. The van der Waals surface area contributed by atoms with Gasteiger partial charge in [-0.25, -0.2) is 0 Å². The number of hydrogen-bond acceptors (Lipinski definition) is 4. The predicted molar refractivity (Wildman–Crippen MR) is 66.6 cm³/mol. The van der Waals surface area contributed by atoms with Crippen LogP contribution in [-0.2, 0) is 0 Å². The maximum atomic E-state index is 12.2. The molecule has 0 atom stereocenters. The molecule has 98 valence electrons. The highest BCUT2D eigenvalue weighted by Gasteiger charge is 2.26. The third kappa shape index (κ3) is 2.08. The van der Waals surface area contributed by atoms with E-state index in [2.05, 4.69) is 0 Å². The van der Waals surface area contributed by atoms with Crippen LogP contribution in [0.15, 0.2) is 12.1 Å². The van der Waals surface area contributed by atoms with Crippen LogP contribution >= 0.6 is 0 Å². The summed E-state index contributed by atoms with van der Waals surface area (Å²) < 4.78 is 15.6. The van der Waals surface area contributed by atoms with Crippen LogP contribution in [0, 0.1) is 0 Å². The molecule has 1 saturated heterocycles. The first-order chi connectivity index (χ1) is 8.71. The maximum absolute atomic E-state index is 12.2. The molecule has 1 heterocycles. The molecule has 2 rings (SSSR count). The molecule has 5 nitrogen and oxygen atoms in total. The Labute approximate surface area is 106 Å². The van der Waals surface area contributed by atoms with E-state index in [4.69, 9.17) is 14.2 Å². The maximum Gasteiger partial charge on any atom is 0.257 e. The molecule has 1 fully saturated rings. The van der Waals surface area contributed by atoms with Crippen molar-refractivity contribution in [1.82, 2.24) is 4.90 Å². The number of carbonyl (C=O) groups is 1. The van der Waals surface area contributed by atoms with Gasteiger partial charge < -0.3 is 19.1 Å². The second kappa shape index (κ2) is 5.16. The van der Waals surface area contributed by atoms with Gasteiger partial charge in [0.25, 0.3) is 5.91 Å². The standard InChI is InChI=1S/C13H17NO4/c1-16-10-8-12(18-3)11(17-2)7-9(10)13(15)14-5-4-6-14/h7-8H,4-6H2,1-3H3. The van der Waals surface area contributed by atoms with E-state index in [9.17, 15) is 4.79 Å². The van der Waals surface area contributed by atoms with Gasteiger partial charge >= 0.3 is 0 Å². The first-order valence-electron chi connectivity index (χ1n) is 5.80. The van der Waals surface area contributed by atoms with Crippen LogP contribution in [0.1, 0.15) is 16.8 Å². The predicted octanol–water partition coefficient (Wildman–Crippen LogP) is 1.56. The molecule has 0 unspecified atom stereocenters. The monoisotopic (exact) mass is 251 g/mol. The quantitative estimate of drug-likeness (QED) is 0.814. The normalized spacial score (nSPS) is 13.8. The zero-order valence-electron chi connectivity index (χ0n) is 10.9. The average molecular weight is 251 g/mol. The topological polar surface area (TPSA) is 48.0 Å². The van der Waals surface area contributed by atoms with Gasteiger partial charge in [0.2, 0.25) is 0 Å². The zero-order valence-corrected chi connectivity index (χ0v) is 10.9. The van der Waals surface area contributed by atoms with Crippen molar-refractivity contribution in [3.8, 4) is 17.2 Å². The van der Waals surface area contributed by atoms with Crippen LogP contribution < -0.4 is 14.2 Å². The Morgan fingerprint density at radius 3 is 2.00 bits per heavy atom. The number of likely N-dealkylation sites (tertiary alicyclic amines) is 1. The van der Waals surface area contributed by atoms with Gasteiger partial charge in [0.1, 0.15) is 5.75 Å². The Bertz CT molecular complexity index is 455. The lowest BCUT2D eigenvalue weighted by Crippen LogP contribution is -2.42. The SMILES string of the molecule is COc1cc(OC)c(C(=O)N2CCC2)cc1OC. The zero-order chi connectivity index (χ0) is 13.1. The van der Waals surface area contributed by atoms with Gasteiger partial charge in [-0.1, -0.05) is 0 Å². The Hall–Kier alpha value is -1.91. The Kier molecular flexibility index (Phi) is 3.60. The summed E-state index contributed by atoms with van der Waals surface area (Å²) in [6, 6.07) is 3.34. The summed E-state index contributed by atoms with van der Waals surface area (Å²) >= 11 is 0. The first-order valence-corrected chi connectivity index (χ1v) is 5.80. The molecule has 0 aromatic heterocycles. The summed E-state index contributed by atoms with van der Waals surface area (Å²) in [6.45, 7) is 1.60. The second-order valence-corrected chi connectivity index (χ2v) is 4.05. The number of hydrogen-bond donors (Lipinski definition) is 0. The van der Waals surface area contributed by atoms with Gasteiger partial charge in [0.05, 0.1) is 26.9 Å². The van der Waals surface area contributed by atoms with Gasteiger partial charge in [-0.3, -0.25) is 4.79 Å². The molecule has 0 saturated carbocycles. The molecular weight excluding hydrogens is 234 g/mol. The van der Waals surface area contributed by atoms with E-state index in [1.165, 1.54) is 7.11 Å². The Morgan fingerprint density at radius 2 is 1.56 bits per heavy atom. The number of nitrogens with zero attached hydrogens (tertiary/aromatic N) is 1. The molecule has 0 radical (unpaired) electrons. The van der Waals surface area contributed by atoms with Crippen molar-refractivity contribution >= 4 is 5.91 Å². The van der Waals surface area contributed by atoms with Crippen molar-refractivity contribution in [3.05, 3.63) is 17.7 Å². The van der Waals surface area contributed by atoms with Crippen molar-refractivity contribution in [2.75, 3.05) is 34.4 Å². The third-order valence-corrected chi connectivity index (χ3v) is 3.08. The third-order valence-electron chi connectivity index (χ3n) is 3.08. The lowest BCUT2D eigenvalue weighted by molar-refractivity contribution is 0.0648. The molecule has 0 spiro atoms. The van der Waals surface area contributed by atoms with Gasteiger partial charge in [0, 0.05) is 25.2 Å². The van der Waals surface area contributed by atoms with E-state index < -0.39 is 0 Å². The fourth-order valence-corrected chi connectivity index (χ4v) is 1.89. The minimum Gasteiger partial charge on any atom is -0.496 e. The number of benzene rings is 1. The summed E-state index contributed by atoms with van der Waals surface area (Å²) in [7, 11) is 4.63. The highest BCUT2D eigenvalue weighted by molar-refractivity contribution is 5.98. The van der Waals surface area contributed by atoms with Crippen LogP contribution in [0.4, 0.5) is 0 Å². The summed E-state index contributed by atoms with van der Waals surface area (Å²) in [5, 5.41) is 0. The molecule has 1 aliphatic heterocycles. The van der Waals surface area contributed by atoms with Crippen LogP contribution in [0.25, 0.3) is 0 Å². The van der Waals surface area contributed by atoms with E-state index >= 15 is 0 Å². The second-order valence-electron chi connectivity index (χ2n) is 4.05. The molecule has 5 heteroatoms. The largest absolute Gasteiger partial charge is 0.496 e. The van der Waals surface area contributed by atoms with Gasteiger partial charge in [-0.15, -0.1) is 0 Å². The number of rotatable bonds is 4. The van der Waals surface area contributed by atoms with Gasteiger partial charge in [0.15, 0.2) is 11.5 Å². The van der Waals surface area contributed by atoms with Crippen molar-refractivity contribution in [2.24, 2.45) is 0 Å². The number of amides is 1. The highest BCUT2D eigenvalue weighted by Crippen LogP contribution is 2.35. The Balaban J connectivity index is 2.40. The van der Waals surface area contributed by atoms with Crippen molar-refractivity contribution in [3.63, 3.8) is 0 Å². The van der Waals surface area contributed by atoms with Crippen LogP contribution in [0.5, 0.6) is 17.2 Å². The summed E-state index contributed by atoms with van der Waals surface area (Å²) in [4.78, 5) is 14.0. The van der Waals surface area contributed by atoms with Crippen LogP contribution in [0.3, 0.4) is 0 Å². The number of ether oxygens (including phenoxy) is 3. The van der Waals surface area contributed by atoms with E-state index in [1.807, 2.05) is 0 Å². The van der Waals surface area contributed by atoms with E-state index in [0.717, 1.165) is 19.5 Å². The molecule has 18 heavy (non-hydrogen) atoms. The molecule has 1 aliphatic rings. The average Bonchev–Trinajstić information content (AvgIpc) is 2.34. The number of methoxy groups -OCH3 is 3. The summed E-state index contributed by atoms with van der Waals surface area (Å²) in [5.41, 5.74) is 0.509. The summed E-state index contributed by atoms with van der Waals surface area (Å²) in [5.74, 6) is 1.56. The lowest BCUT2D eigenvalue weighted by atomic mass is 10.1. The molecule has 1 amide bonds. The van der Waals surface area contributed by atoms with Crippen LogP contribution in [0.2, 0.25) is 0 Å². The van der Waals surface area contributed by atoms with E-state index in [0.29, 0.717) is 22.8 Å². The molecule has 1 aromatic carbocycles. The van der Waals surface area contributed by atoms with Crippen molar-refractivity contribution in [2.45, 2.75) is 6.42 Å². The minimum absolute atomic E-state index is 0.0287. The number of carbonyl (C=O) groups excluding carboxylic acids is 1. The van der Waals surface area contributed by atoms with Crippen LogP contribution in [-0.4, -0.2) is 45.2 Å². The molecule has 0 bridgehead atoms. The molecular formula is C13H17NO4. The van der Waals surface area contributed by atoms with E-state index in [-0.39, 0.29) is 5.91 Å². The fraction of sp³-hybridized carbons (Fsp3) is 0.462. The molecule has 0 N–H and O–H groups in total.